The number of hydrogen-bond acceptors (Lipinski definition) is 3. The summed E-state index contributed by atoms with van der Waals surface area (Å²) >= 11 is 0. The maximum absolute atomic E-state index is 12.4. The molecule has 4 nitrogen and oxygen atoms in total. The van der Waals surface area contributed by atoms with Gasteiger partial charge in [0.05, 0.1) is 11.7 Å². The molecule has 3 atom stereocenters. The summed E-state index contributed by atoms with van der Waals surface area (Å²) < 4.78 is 11.7. The van der Waals surface area contributed by atoms with Gasteiger partial charge in [-0.25, -0.2) is 4.79 Å². The number of carbonyl (C=O) groups excluding carboxylic acids is 1. The highest BCUT2D eigenvalue weighted by molar-refractivity contribution is 5.91. The molecule has 0 aromatic carbocycles. The summed E-state index contributed by atoms with van der Waals surface area (Å²) in [5, 5.41) is 0. The molecule has 0 fully saturated rings. The van der Waals surface area contributed by atoms with Gasteiger partial charge in [0.1, 0.15) is 11.3 Å². The minimum absolute atomic E-state index is 0.0841. The fourth-order valence-electron chi connectivity index (χ4n) is 3.36. The lowest BCUT2D eigenvalue weighted by atomic mass is 9.99. The third-order valence-corrected chi connectivity index (χ3v) is 3.97. The van der Waals surface area contributed by atoms with Gasteiger partial charge in [-0.2, -0.15) is 0 Å². The van der Waals surface area contributed by atoms with Crippen molar-refractivity contribution >= 4 is 5.97 Å². The van der Waals surface area contributed by atoms with Gasteiger partial charge in [-0.05, 0) is 52.7 Å². The first-order valence-corrected chi connectivity index (χ1v) is 7.87. The fourth-order valence-corrected chi connectivity index (χ4v) is 3.36. The Morgan fingerprint density at radius 1 is 1.05 bits per heavy atom. The van der Waals surface area contributed by atoms with Crippen molar-refractivity contribution in [2.24, 2.45) is 0 Å². The molecule has 1 aromatic heterocycles. The minimum Gasteiger partial charge on any atom is -0.455 e. The number of carbonyl (C=O) groups is 1. The van der Waals surface area contributed by atoms with Gasteiger partial charge >= 0.3 is 5.97 Å². The monoisotopic (exact) mass is 303 g/mol. The SMILES string of the molecule is CC(C)(C)OC(=O)c1[nH]cc2c1[C@H]1C=C[C@@H]2[C@H]1OC(C)(C)C. The van der Waals surface area contributed by atoms with Crippen LogP contribution < -0.4 is 0 Å². The largest absolute Gasteiger partial charge is 0.455 e. The Bertz CT molecular complexity index is 628. The van der Waals surface area contributed by atoms with Gasteiger partial charge in [-0.3, -0.25) is 0 Å². The molecule has 0 saturated heterocycles. The van der Waals surface area contributed by atoms with Crippen molar-refractivity contribution in [1.82, 2.24) is 4.98 Å². The molecule has 2 bridgehead atoms. The van der Waals surface area contributed by atoms with Crippen molar-refractivity contribution < 1.29 is 14.3 Å². The lowest BCUT2D eigenvalue weighted by molar-refractivity contribution is -0.0625. The van der Waals surface area contributed by atoms with Crippen LogP contribution in [-0.4, -0.2) is 28.3 Å². The summed E-state index contributed by atoms with van der Waals surface area (Å²) in [6.45, 7) is 11.8. The van der Waals surface area contributed by atoms with Crippen LogP contribution in [-0.2, 0) is 9.47 Å². The third-order valence-electron chi connectivity index (χ3n) is 3.97. The van der Waals surface area contributed by atoms with Crippen LogP contribution in [0.2, 0.25) is 0 Å². The second-order valence-electron chi connectivity index (χ2n) is 8.17. The molecule has 2 aliphatic carbocycles. The maximum Gasteiger partial charge on any atom is 0.355 e. The predicted octanol–water partition coefficient (Wildman–Crippen LogP) is 3.90. The van der Waals surface area contributed by atoms with E-state index in [-0.39, 0.29) is 29.5 Å². The van der Waals surface area contributed by atoms with Crippen LogP contribution >= 0.6 is 0 Å². The zero-order chi connectivity index (χ0) is 16.3. The van der Waals surface area contributed by atoms with Crippen molar-refractivity contribution in [2.75, 3.05) is 0 Å². The van der Waals surface area contributed by atoms with Gasteiger partial charge in [-0.15, -0.1) is 0 Å². The van der Waals surface area contributed by atoms with Crippen molar-refractivity contribution in [3.63, 3.8) is 0 Å². The van der Waals surface area contributed by atoms with Gasteiger partial charge in [0.25, 0.3) is 0 Å². The van der Waals surface area contributed by atoms with Gasteiger partial charge in [0, 0.05) is 18.0 Å². The number of esters is 1. The second kappa shape index (κ2) is 4.72. The first-order valence-electron chi connectivity index (χ1n) is 7.87. The topological polar surface area (TPSA) is 51.3 Å². The van der Waals surface area contributed by atoms with Crippen molar-refractivity contribution in [3.8, 4) is 0 Å². The number of aromatic nitrogens is 1. The van der Waals surface area contributed by atoms with E-state index in [2.05, 4.69) is 37.9 Å². The number of ether oxygens (including phenoxy) is 2. The van der Waals surface area contributed by atoms with E-state index in [1.165, 1.54) is 5.56 Å². The van der Waals surface area contributed by atoms with Crippen LogP contribution in [0.15, 0.2) is 18.3 Å². The molecule has 0 unspecified atom stereocenters. The van der Waals surface area contributed by atoms with Crippen LogP contribution in [0.4, 0.5) is 0 Å². The van der Waals surface area contributed by atoms with E-state index >= 15 is 0 Å². The average molecular weight is 303 g/mol. The number of hydrogen-bond donors (Lipinski definition) is 1. The molecule has 0 amide bonds. The van der Waals surface area contributed by atoms with E-state index < -0.39 is 5.60 Å². The summed E-state index contributed by atoms with van der Waals surface area (Å²) in [6.07, 6.45) is 6.36. The standard InChI is InChI=1S/C18H25NO3/c1-17(2,3)21-15-10-7-8-11(15)13-12(10)9-19-14(13)16(20)22-18(4,5)6/h7-11,15,19H,1-6H3/t10-,11+,15+/m0/s1. The number of H-pyrrole nitrogens is 1. The normalized spacial score (nSPS) is 26.4. The van der Waals surface area contributed by atoms with E-state index in [0.29, 0.717) is 5.69 Å². The molecule has 0 radical (unpaired) electrons. The molecule has 4 heteroatoms. The molecular formula is C18H25NO3. The highest BCUT2D eigenvalue weighted by atomic mass is 16.6. The predicted molar refractivity (Wildman–Crippen MR) is 85.2 cm³/mol. The first-order chi connectivity index (χ1) is 10.1. The number of fused-ring (bicyclic) bond motifs is 5. The van der Waals surface area contributed by atoms with E-state index in [9.17, 15) is 4.79 Å². The van der Waals surface area contributed by atoms with E-state index in [4.69, 9.17) is 9.47 Å². The van der Waals surface area contributed by atoms with E-state index in [1.807, 2.05) is 27.0 Å². The van der Waals surface area contributed by atoms with Crippen LogP contribution in [0.1, 0.15) is 75.0 Å². The van der Waals surface area contributed by atoms with Crippen LogP contribution in [0.25, 0.3) is 0 Å². The van der Waals surface area contributed by atoms with Crippen molar-refractivity contribution in [1.29, 1.82) is 0 Å². The zero-order valence-electron chi connectivity index (χ0n) is 14.2. The Morgan fingerprint density at radius 2 is 1.68 bits per heavy atom. The highest BCUT2D eigenvalue weighted by Gasteiger charge is 2.48. The summed E-state index contributed by atoms with van der Waals surface area (Å²) in [5.41, 5.74) is 2.10. The Kier molecular flexibility index (Phi) is 3.29. The molecule has 2 aliphatic rings. The van der Waals surface area contributed by atoms with Gasteiger partial charge in [-0.1, -0.05) is 12.2 Å². The molecule has 1 aromatic rings. The molecule has 120 valence electrons. The lowest BCUT2D eigenvalue weighted by Crippen LogP contribution is -2.30. The van der Waals surface area contributed by atoms with Gasteiger partial charge < -0.3 is 14.5 Å². The highest BCUT2D eigenvalue weighted by Crippen LogP contribution is 2.52. The molecule has 0 saturated carbocycles. The molecule has 1 N–H and O–H groups in total. The van der Waals surface area contributed by atoms with Crippen LogP contribution in [0.5, 0.6) is 0 Å². The summed E-state index contributed by atoms with van der Waals surface area (Å²) in [5.74, 6) is 0.0730. The quantitative estimate of drug-likeness (QED) is 0.666. The summed E-state index contributed by atoms with van der Waals surface area (Å²) in [4.78, 5) is 15.5. The van der Waals surface area contributed by atoms with Crippen LogP contribution in [0.3, 0.4) is 0 Å². The van der Waals surface area contributed by atoms with Crippen LogP contribution in [0, 0.1) is 0 Å². The Balaban J connectivity index is 1.88. The van der Waals surface area contributed by atoms with Crippen molar-refractivity contribution in [3.05, 3.63) is 35.2 Å². The number of rotatable bonds is 2. The number of nitrogens with one attached hydrogen (secondary N) is 1. The molecule has 1 heterocycles. The molecule has 0 spiro atoms. The van der Waals surface area contributed by atoms with Gasteiger partial charge in [0.15, 0.2) is 0 Å². The fraction of sp³-hybridized carbons (Fsp3) is 0.611. The smallest absolute Gasteiger partial charge is 0.355 e. The average Bonchev–Trinajstić information content (AvgIpc) is 2.95. The van der Waals surface area contributed by atoms with Crippen molar-refractivity contribution in [2.45, 2.75) is 70.7 Å². The lowest BCUT2D eigenvalue weighted by Gasteiger charge is -2.28. The Hall–Kier alpha value is -1.55. The second-order valence-corrected chi connectivity index (χ2v) is 8.17. The molecule has 22 heavy (non-hydrogen) atoms. The van der Waals surface area contributed by atoms with Gasteiger partial charge in [0.2, 0.25) is 0 Å². The molecule has 0 aliphatic heterocycles. The minimum atomic E-state index is -0.496. The Morgan fingerprint density at radius 3 is 2.27 bits per heavy atom. The Labute approximate surface area is 131 Å². The maximum atomic E-state index is 12.4. The van der Waals surface area contributed by atoms with E-state index in [1.54, 1.807) is 0 Å². The molecular weight excluding hydrogens is 278 g/mol. The third kappa shape index (κ3) is 2.60. The molecule has 3 rings (SSSR count). The first kappa shape index (κ1) is 15.3. The van der Waals surface area contributed by atoms with E-state index in [0.717, 1.165) is 5.56 Å². The zero-order valence-corrected chi connectivity index (χ0v) is 14.2. The summed E-state index contributed by atoms with van der Waals surface area (Å²) in [6, 6.07) is 0. The summed E-state index contributed by atoms with van der Waals surface area (Å²) in [7, 11) is 0. The number of aromatic amines is 1.